The molecule has 0 fully saturated rings. The molecule has 0 bridgehead atoms. The number of benzene rings is 2. The van der Waals surface area contributed by atoms with Gasteiger partial charge >= 0.3 is 5.97 Å². The first-order chi connectivity index (χ1) is 9.54. The Morgan fingerprint density at radius 1 is 1.20 bits per heavy atom. The number of esters is 1. The second kappa shape index (κ2) is 5.83. The molecular formula is C14H10BrNO4. The second-order valence-corrected chi connectivity index (χ2v) is 4.87. The zero-order chi connectivity index (χ0) is 14.7. The third-order valence-corrected chi connectivity index (χ3v) is 3.27. The largest absolute Gasteiger partial charge is 0.465 e. The first-order valence-corrected chi connectivity index (χ1v) is 6.45. The summed E-state index contributed by atoms with van der Waals surface area (Å²) in [5.74, 6) is -0.533. The molecule has 0 N–H and O–H groups in total. The van der Waals surface area contributed by atoms with Crippen molar-refractivity contribution in [1.82, 2.24) is 0 Å². The van der Waals surface area contributed by atoms with Crippen molar-refractivity contribution in [2.75, 3.05) is 7.11 Å². The monoisotopic (exact) mass is 335 g/mol. The summed E-state index contributed by atoms with van der Waals surface area (Å²) in [6.45, 7) is 0. The molecule has 0 saturated heterocycles. The van der Waals surface area contributed by atoms with E-state index in [1.165, 1.54) is 13.2 Å². The van der Waals surface area contributed by atoms with Gasteiger partial charge in [-0.3, -0.25) is 10.1 Å². The highest BCUT2D eigenvalue weighted by molar-refractivity contribution is 9.10. The first kappa shape index (κ1) is 14.2. The highest BCUT2D eigenvalue weighted by Crippen LogP contribution is 2.34. The summed E-state index contributed by atoms with van der Waals surface area (Å²) in [5, 5.41) is 11.1. The molecule has 0 aliphatic rings. The minimum absolute atomic E-state index is 0.0652. The van der Waals surface area contributed by atoms with Crippen LogP contribution in [0.3, 0.4) is 0 Å². The lowest BCUT2D eigenvalue weighted by Crippen LogP contribution is -2.04. The van der Waals surface area contributed by atoms with Crippen LogP contribution >= 0.6 is 15.9 Å². The molecule has 0 heterocycles. The quantitative estimate of drug-likeness (QED) is 0.485. The molecule has 0 aliphatic carbocycles. The van der Waals surface area contributed by atoms with Crippen LogP contribution < -0.4 is 0 Å². The summed E-state index contributed by atoms with van der Waals surface area (Å²) >= 11 is 3.28. The van der Waals surface area contributed by atoms with Gasteiger partial charge in [-0.25, -0.2) is 4.79 Å². The number of carbonyl (C=O) groups is 1. The molecular weight excluding hydrogens is 326 g/mol. The van der Waals surface area contributed by atoms with Crippen LogP contribution in [0.25, 0.3) is 11.1 Å². The normalized spacial score (nSPS) is 10.1. The van der Waals surface area contributed by atoms with E-state index in [-0.39, 0.29) is 11.3 Å². The predicted molar refractivity (Wildman–Crippen MR) is 77.6 cm³/mol. The fourth-order valence-electron chi connectivity index (χ4n) is 1.89. The number of rotatable bonds is 3. The van der Waals surface area contributed by atoms with Crippen molar-refractivity contribution in [3.05, 3.63) is 62.6 Å². The summed E-state index contributed by atoms with van der Waals surface area (Å²) in [7, 11) is 1.27. The Balaban J connectivity index is 2.71. The van der Waals surface area contributed by atoms with Gasteiger partial charge in [0.1, 0.15) is 0 Å². The summed E-state index contributed by atoms with van der Waals surface area (Å²) in [6.07, 6.45) is 0. The minimum Gasteiger partial charge on any atom is -0.465 e. The van der Waals surface area contributed by atoms with Crippen LogP contribution in [0.4, 0.5) is 5.69 Å². The third-order valence-electron chi connectivity index (χ3n) is 2.78. The number of hydrogen-bond acceptors (Lipinski definition) is 4. The van der Waals surface area contributed by atoms with E-state index in [4.69, 9.17) is 4.74 Å². The zero-order valence-electron chi connectivity index (χ0n) is 10.5. The van der Waals surface area contributed by atoms with E-state index >= 15 is 0 Å². The summed E-state index contributed by atoms with van der Waals surface area (Å²) in [6, 6.07) is 11.2. The first-order valence-electron chi connectivity index (χ1n) is 5.66. The molecule has 2 aromatic rings. The van der Waals surface area contributed by atoms with Crippen LogP contribution in [0.5, 0.6) is 0 Å². The fourth-order valence-corrected chi connectivity index (χ4v) is 2.25. The Morgan fingerprint density at radius 3 is 2.55 bits per heavy atom. The van der Waals surface area contributed by atoms with E-state index in [1.54, 1.807) is 36.4 Å². The van der Waals surface area contributed by atoms with E-state index in [0.29, 0.717) is 15.6 Å². The van der Waals surface area contributed by atoms with Crippen LogP contribution in [0.1, 0.15) is 10.4 Å². The average Bonchev–Trinajstić information content (AvgIpc) is 2.46. The Bertz CT molecular complexity index is 685. The van der Waals surface area contributed by atoms with Crippen molar-refractivity contribution in [2.24, 2.45) is 0 Å². The Labute approximate surface area is 123 Å². The number of nitro groups is 1. The Hall–Kier alpha value is -2.21. The molecule has 2 rings (SSSR count). The molecule has 0 radical (unpaired) electrons. The number of carbonyl (C=O) groups excluding carboxylic acids is 1. The van der Waals surface area contributed by atoms with Gasteiger partial charge in [-0.1, -0.05) is 34.1 Å². The number of methoxy groups -OCH3 is 1. The Morgan fingerprint density at radius 2 is 1.90 bits per heavy atom. The molecule has 102 valence electrons. The molecule has 0 saturated carbocycles. The maximum atomic E-state index is 11.8. The van der Waals surface area contributed by atoms with Crippen LogP contribution in [0.2, 0.25) is 0 Å². The molecule has 2 aromatic carbocycles. The molecule has 0 atom stereocenters. The number of halogens is 1. The molecule has 0 aliphatic heterocycles. The van der Waals surface area contributed by atoms with Crippen molar-refractivity contribution in [3.8, 4) is 11.1 Å². The summed E-state index contributed by atoms with van der Waals surface area (Å²) < 4.78 is 5.40. The molecule has 0 unspecified atom stereocenters. The third kappa shape index (κ3) is 2.70. The van der Waals surface area contributed by atoms with Gasteiger partial charge in [0.15, 0.2) is 0 Å². The number of ether oxygens (including phenoxy) is 1. The van der Waals surface area contributed by atoms with Gasteiger partial charge in [0.2, 0.25) is 0 Å². The van der Waals surface area contributed by atoms with E-state index in [2.05, 4.69) is 15.9 Å². The standard InChI is InChI=1S/C14H10BrNO4/c1-20-14(17)11-5-3-2-4-10(11)12-8-9(15)6-7-13(12)16(18)19/h2-8H,1H3. The van der Waals surface area contributed by atoms with Crippen molar-refractivity contribution in [1.29, 1.82) is 0 Å². The molecule has 5 nitrogen and oxygen atoms in total. The summed E-state index contributed by atoms with van der Waals surface area (Å²) in [5.41, 5.74) is 1.05. The maximum Gasteiger partial charge on any atom is 0.338 e. The van der Waals surface area contributed by atoms with Crippen LogP contribution in [-0.4, -0.2) is 18.0 Å². The SMILES string of the molecule is COC(=O)c1ccccc1-c1cc(Br)ccc1[N+](=O)[O-]. The van der Waals surface area contributed by atoms with Gasteiger partial charge in [-0.2, -0.15) is 0 Å². The summed E-state index contributed by atoms with van der Waals surface area (Å²) in [4.78, 5) is 22.4. The predicted octanol–water partition coefficient (Wildman–Crippen LogP) is 3.81. The van der Waals surface area contributed by atoms with Gasteiger partial charge in [0, 0.05) is 16.1 Å². The molecule has 0 spiro atoms. The Kier molecular flexibility index (Phi) is 4.14. The van der Waals surface area contributed by atoms with Gasteiger partial charge in [0.25, 0.3) is 5.69 Å². The molecule has 0 aromatic heterocycles. The van der Waals surface area contributed by atoms with E-state index in [0.717, 1.165) is 0 Å². The van der Waals surface area contributed by atoms with Gasteiger partial charge < -0.3 is 4.74 Å². The minimum atomic E-state index is -0.533. The molecule has 20 heavy (non-hydrogen) atoms. The zero-order valence-corrected chi connectivity index (χ0v) is 12.1. The number of nitro benzene ring substituents is 1. The van der Waals surface area contributed by atoms with E-state index in [1.807, 2.05) is 0 Å². The van der Waals surface area contributed by atoms with Gasteiger partial charge in [-0.15, -0.1) is 0 Å². The van der Waals surface area contributed by atoms with Crippen LogP contribution in [-0.2, 0) is 4.74 Å². The van der Waals surface area contributed by atoms with Crippen LogP contribution in [0, 0.1) is 10.1 Å². The van der Waals surface area contributed by atoms with Crippen molar-refractivity contribution < 1.29 is 14.5 Å². The lowest BCUT2D eigenvalue weighted by molar-refractivity contribution is -0.384. The van der Waals surface area contributed by atoms with Gasteiger partial charge in [0.05, 0.1) is 23.2 Å². The lowest BCUT2D eigenvalue weighted by atomic mass is 9.98. The smallest absolute Gasteiger partial charge is 0.338 e. The second-order valence-electron chi connectivity index (χ2n) is 3.96. The van der Waals surface area contributed by atoms with Crippen molar-refractivity contribution in [3.63, 3.8) is 0 Å². The van der Waals surface area contributed by atoms with Gasteiger partial charge in [-0.05, 0) is 18.2 Å². The maximum absolute atomic E-state index is 11.8. The van der Waals surface area contributed by atoms with E-state index in [9.17, 15) is 14.9 Å². The highest BCUT2D eigenvalue weighted by atomic mass is 79.9. The lowest BCUT2D eigenvalue weighted by Gasteiger charge is -2.09. The fraction of sp³-hybridized carbons (Fsp3) is 0.0714. The van der Waals surface area contributed by atoms with E-state index < -0.39 is 10.9 Å². The topological polar surface area (TPSA) is 69.4 Å². The van der Waals surface area contributed by atoms with Crippen LogP contribution in [0.15, 0.2) is 46.9 Å². The number of nitrogens with zero attached hydrogens (tertiary/aromatic N) is 1. The number of hydrogen-bond donors (Lipinski definition) is 0. The molecule has 0 amide bonds. The highest BCUT2D eigenvalue weighted by Gasteiger charge is 2.20. The molecule has 6 heteroatoms. The van der Waals surface area contributed by atoms with Crippen molar-refractivity contribution >= 4 is 27.6 Å². The average molecular weight is 336 g/mol. The van der Waals surface area contributed by atoms with Crippen molar-refractivity contribution in [2.45, 2.75) is 0 Å².